The summed E-state index contributed by atoms with van der Waals surface area (Å²) < 4.78 is 0. The highest BCUT2D eigenvalue weighted by molar-refractivity contribution is 5.94. The van der Waals surface area contributed by atoms with Gasteiger partial charge in [0.2, 0.25) is 5.91 Å². The Morgan fingerprint density at radius 2 is 2.08 bits per heavy atom. The van der Waals surface area contributed by atoms with Gasteiger partial charge < -0.3 is 5.73 Å². The van der Waals surface area contributed by atoms with E-state index in [2.05, 4.69) is 0 Å². The summed E-state index contributed by atoms with van der Waals surface area (Å²) in [5.74, 6) is -0.390. The largest absolute Gasteiger partial charge is 0.351 e. The molecule has 0 aliphatic rings. The fourth-order valence-electron chi connectivity index (χ4n) is 0.843. The fourth-order valence-corrected chi connectivity index (χ4v) is 0.843. The van der Waals surface area contributed by atoms with Gasteiger partial charge in [0.05, 0.1) is 6.07 Å². The summed E-state index contributed by atoms with van der Waals surface area (Å²) in [6.45, 7) is 3.97. The Hall–Kier alpha value is -1.57. The van der Waals surface area contributed by atoms with Crippen molar-refractivity contribution >= 4 is 11.9 Å². The Balaban J connectivity index is 4.35. The van der Waals surface area contributed by atoms with E-state index in [0.717, 1.165) is 4.90 Å². The third kappa shape index (κ3) is 4.11. The standard InChI is InChI=1S/C8H13N3O2/c1-6(2)5-11(8(10)13)7(12)3-4-9/h6H,3,5H2,1-2H3,(H2,10,13). The van der Waals surface area contributed by atoms with E-state index >= 15 is 0 Å². The van der Waals surface area contributed by atoms with Crippen LogP contribution in [0.5, 0.6) is 0 Å². The van der Waals surface area contributed by atoms with Crippen molar-refractivity contribution in [3.8, 4) is 6.07 Å². The quantitative estimate of drug-likeness (QED) is 0.689. The van der Waals surface area contributed by atoms with Gasteiger partial charge >= 0.3 is 6.03 Å². The molecule has 0 radical (unpaired) electrons. The van der Waals surface area contributed by atoms with Gasteiger partial charge in [-0.3, -0.25) is 9.69 Å². The lowest BCUT2D eigenvalue weighted by atomic mass is 10.2. The molecule has 0 aromatic heterocycles. The fraction of sp³-hybridized carbons (Fsp3) is 0.625. The van der Waals surface area contributed by atoms with Crippen molar-refractivity contribution in [2.24, 2.45) is 11.7 Å². The maximum atomic E-state index is 11.1. The van der Waals surface area contributed by atoms with Crippen molar-refractivity contribution in [3.05, 3.63) is 0 Å². The molecule has 5 heteroatoms. The van der Waals surface area contributed by atoms with Gasteiger partial charge in [0, 0.05) is 6.54 Å². The first kappa shape index (κ1) is 11.4. The molecule has 0 spiro atoms. The first-order chi connectivity index (χ1) is 5.99. The first-order valence-electron chi connectivity index (χ1n) is 3.95. The number of nitrogens with two attached hydrogens (primary N) is 1. The van der Waals surface area contributed by atoms with Crippen LogP contribution in [0, 0.1) is 17.2 Å². The van der Waals surface area contributed by atoms with Gasteiger partial charge in [-0.25, -0.2) is 4.79 Å². The molecule has 0 atom stereocenters. The van der Waals surface area contributed by atoms with Crippen LogP contribution in [0.15, 0.2) is 0 Å². The van der Waals surface area contributed by atoms with Crippen LogP contribution in [0.4, 0.5) is 4.79 Å². The molecule has 0 aliphatic heterocycles. The van der Waals surface area contributed by atoms with Gasteiger partial charge in [-0.05, 0) is 5.92 Å². The van der Waals surface area contributed by atoms with Crippen molar-refractivity contribution in [3.63, 3.8) is 0 Å². The molecule has 72 valence electrons. The monoisotopic (exact) mass is 183 g/mol. The molecule has 0 aromatic carbocycles. The molecule has 13 heavy (non-hydrogen) atoms. The van der Waals surface area contributed by atoms with Gasteiger partial charge in [-0.1, -0.05) is 13.8 Å². The number of carbonyl (C=O) groups is 2. The van der Waals surface area contributed by atoms with Gasteiger partial charge in [-0.15, -0.1) is 0 Å². The van der Waals surface area contributed by atoms with E-state index in [1.165, 1.54) is 0 Å². The van der Waals surface area contributed by atoms with Gasteiger partial charge in [0.15, 0.2) is 0 Å². The normalized spacial score (nSPS) is 9.38. The van der Waals surface area contributed by atoms with Crippen LogP contribution in [0.3, 0.4) is 0 Å². The number of hydrogen-bond acceptors (Lipinski definition) is 3. The van der Waals surface area contributed by atoms with E-state index in [1.807, 2.05) is 13.8 Å². The van der Waals surface area contributed by atoms with Crippen LogP contribution in [-0.4, -0.2) is 23.4 Å². The molecule has 5 nitrogen and oxygen atoms in total. The maximum absolute atomic E-state index is 11.1. The number of urea groups is 1. The highest BCUT2D eigenvalue weighted by Gasteiger charge is 2.18. The molecule has 0 bridgehead atoms. The van der Waals surface area contributed by atoms with Crippen molar-refractivity contribution < 1.29 is 9.59 Å². The Kier molecular flexibility index (Phi) is 4.52. The van der Waals surface area contributed by atoms with Gasteiger partial charge in [-0.2, -0.15) is 5.26 Å². The Labute approximate surface area is 77.1 Å². The summed E-state index contributed by atoms with van der Waals surface area (Å²) in [4.78, 5) is 22.8. The molecule has 0 aliphatic carbocycles. The summed E-state index contributed by atoms with van der Waals surface area (Å²) in [6, 6.07) is 0.880. The molecule has 0 heterocycles. The molecule has 0 rings (SSSR count). The molecular weight excluding hydrogens is 170 g/mol. The molecule has 2 N–H and O–H groups in total. The zero-order valence-electron chi connectivity index (χ0n) is 7.78. The van der Waals surface area contributed by atoms with Crippen molar-refractivity contribution in [2.45, 2.75) is 20.3 Å². The van der Waals surface area contributed by atoms with Crippen LogP contribution < -0.4 is 5.73 Å². The van der Waals surface area contributed by atoms with Crippen molar-refractivity contribution in [2.75, 3.05) is 6.54 Å². The molecule has 0 aromatic rings. The zero-order chi connectivity index (χ0) is 10.4. The molecule has 3 amide bonds. The lowest BCUT2D eigenvalue weighted by molar-refractivity contribution is -0.127. The second-order valence-electron chi connectivity index (χ2n) is 3.07. The van der Waals surface area contributed by atoms with E-state index < -0.39 is 11.9 Å². The third-order valence-corrected chi connectivity index (χ3v) is 1.35. The number of carbonyl (C=O) groups excluding carboxylic acids is 2. The Morgan fingerprint density at radius 1 is 1.54 bits per heavy atom. The first-order valence-corrected chi connectivity index (χ1v) is 3.95. The summed E-state index contributed by atoms with van der Waals surface area (Å²) in [5.41, 5.74) is 4.97. The number of rotatable bonds is 3. The molecule has 0 fully saturated rings. The van der Waals surface area contributed by atoms with Gasteiger partial charge in [0.25, 0.3) is 0 Å². The Bertz CT molecular complexity index is 242. The summed E-state index contributed by atoms with van der Waals surface area (Å²) in [6.07, 6.45) is -0.310. The molecule has 0 saturated heterocycles. The van der Waals surface area contributed by atoms with Crippen LogP contribution in [0.25, 0.3) is 0 Å². The SMILES string of the molecule is CC(C)CN(C(N)=O)C(=O)CC#N. The number of nitrogens with zero attached hydrogens (tertiary/aromatic N) is 2. The molecular formula is C8H13N3O2. The highest BCUT2D eigenvalue weighted by Crippen LogP contribution is 2.00. The predicted octanol–water partition coefficient (Wildman–Crippen LogP) is 0.463. The van der Waals surface area contributed by atoms with Gasteiger partial charge in [0.1, 0.15) is 6.42 Å². The minimum Gasteiger partial charge on any atom is -0.351 e. The second-order valence-corrected chi connectivity index (χ2v) is 3.07. The lowest BCUT2D eigenvalue weighted by Crippen LogP contribution is -2.42. The smallest absolute Gasteiger partial charge is 0.321 e. The summed E-state index contributed by atoms with van der Waals surface area (Å²) >= 11 is 0. The number of primary amides is 1. The van der Waals surface area contributed by atoms with E-state index in [0.29, 0.717) is 0 Å². The average Bonchev–Trinajstić information content (AvgIpc) is 1.99. The van der Waals surface area contributed by atoms with Crippen molar-refractivity contribution in [1.82, 2.24) is 4.90 Å². The van der Waals surface area contributed by atoms with Crippen LogP contribution in [-0.2, 0) is 4.79 Å². The predicted molar refractivity (Wildman–Crippen MR) is 46.4 cm³/mol. The highest BCUT2D eigenvalue weighted by atomic mass is 16.2. The van der Waals surface area contributed by atoms with Crippen LogP contribution in [0.2, 0.25) is 0 Å². The third-order valence-electron chi connectivity index (χ3n) is 1.35. The van der Waals surface area contributed by atoms with E-state index in [9.17, 15) is 9.59 Å². The molecule has 0 saturated carbocycles. The van der Waals surface area contributed by atoms with Crippen LogP contribution in [0.1, 0.15) is 20.3 Å². The Morgan fingerprint density at radius 3 is 2.38 bits per heavy atom. The van der Waals surface area contributed by atoms with Crippen LogP contribution >= 0.6 is 0 Å². The van der Waals surface area contributed by atoms with E-state index in [1.54, 1.807) is 6.07 Å². The number of nitriles is 1. The topological polar surface area (TPSA) is 87.2 Å². The maximum Gasteiger partial charge on any atom is 0.321 e. The van der Waals surface area contributed by atoms with E-state index in [4.69, 9.17) is 11.0 Å². The number of amides is 3. The minimum atomic E-state index is -0.797. The summed E-state index contributed by atoms with van der Waals surface area (Å²) in [5, 5.41) is 8.25. The second kappa shape index (κ2) is 5.14. The minimum absolute atomic E-state index is 0.148. The number of hydrogen-bond donors (Lipinski definition) is 1. The zero-order valence-corrected chi connectivity index (χ0v) is 7.78. The summed E-state index contributed by atoms with van der Waals surface area (Å²) in [7, 11) is 0. The molecule has 0 unspecified atom stereocenters. The van der Waals surface area contributed by atoms with Crippen molar-refractivity contribution in [1.29, 1.82) is 5.26 Å². The lowest BCUT2D eigenvalue weighted by Gasteiger charge is -2.18. The average molecular weight is 183 g/mol. The van der Waals surface area contributed by atoms with E-state index in [-0.39, 0.29) is 18.9 Å². The number of imide groups is 1.